The van der Waals surface area contributed by atoms with E-state index >= 15 is 0 Å². The zero-order valence-electron chi connectivity index (χ0n) is 19.4. The van der Waals surface area contributed by atoms with Crippen molar-refractivity contribution < 1.29 is 28.3 Å². The van der Waals surface area contributed by atoms with Crippen LogP contribution < -0.4 is 20.7 Å². The molecule has 3 aromatic rings. The molecule has 2 aromatic heterocycles. The van der Waals surface area contributed by atoms with Crippen molar-refractivity contribution in [2.45, 2.75) is 25.4 Å². The second kappa shape index (κ2) is 8.12. The van der Waals surface area contributed by atoms with Crippen molar-refractivity contribution in [3.8, 4) is 5.75 Å². The molecule has 3 N–H and O–H groups in total. The third kappa shape index (κ3) is 3.56. The molecule has 0 unspecified atom stereocenters. The number of nitrogens with zero attached hydrogens (tertiary/aromatic N) is 2. The Bertz CT molecular complexity index is 1410. The summed E-state index contributed by atoms with van der Waals surface area (Å²) in [6.07, 6.45) is 1.52. The molecule has 5 amide bonds. The number of carbonyl (C=O) groups excluding carboxylic acids is 4. The molecular formula is C24H23N5O6. The number of benzene rings is 1. The molecule has 1 atom stereocenters. The lowest BCUT2D eigenvalue weighted by molar-refractivity contribution is -0.135. The highest BCUT2D eigenvalue weighted by atomic mass is 16.5. The van der Waals surface area contributed by atoms with Gasteiger partial charge in [0.25, 0.3) is 11.8 Å². The summed E-state index contributed by atoms with van der Waals surface area (Å²) in [7, 11) is 3.04. The molecule has 1 saturated heterocycles. The summed E-state index contributed by atoms with van der Waals surface area (Å²) in [6.45, 7) is 1.83. The molecule has 1 fully saturated rings. The van der Waals surface area contributed by atoms with Gasteiger partial charge in [0.1, 0.15) is 17.1 Å². The number of methoxy groups -OCH3 is 1. The first-order valence-corrected chi connectivity index (χ1v) is 10.9. The Hall–Kier alpha value is -4.41. The van der Waals surface area contributed by atoms with Crippen molar-refractivity contribution in [2.75, 3.05) is 20.7 Å². The van der Waals surface area contributed by atoms with Crippen LogP contribution in [0.5, 0.6) is 5.75 Å². The first-order chi connectivity index (χ1) is 16.8. The number of nitrogens with one attached hydrogen (secondary N) is 3. The number of urea groups is 1. The molecule has 1 aromatic carbocycles. The van der Waals surface area contributed by atoms with E-state index in [-0.39, 0.29) is 42.3 Å². The molecule has 35 heavy (non-hydrogen) atoms. The summed E-state index contributed by atoms with van der Waals surface area (Å²) >= 11 is 0. The number of imide groups is 1. The van der Waals surface area contributed by atoms with E-state index in [4.69, 9.17) is 9.15 Å². The first kappa shape index (κ1) is 22.4. The number of fused-ring (bicyclic) bond motifs is 2. The number of carbonyl (C=O) groups is 4. The van der Waals surface area contributed by atoms with E-state index < -0.39 is 23.4 Å². The fraction of sp³-hybridized carbons (Fsp3) is 0.292. The van der Waals surface area contributed by atoms with Crippen LogP contribution in [-0.4, -0.2) is 54.3 Å². The normalized spacial score (nSPS) is 19.4. The van der Waals surface area contributed by atoms with Crippen LogP contribution in [0.4, 0.5) is 4.79 Å². The summed E-state index contributed by atoms with van der Waals surface area (Å²) in [4.78, 5) is 56.6. The van der Waals surface area contributed by atoms with E-state index in [0.717, 1.165) is 11.1 Å². The van der Waals surface area contributed by atoms with Gasteiger partial charge in [0.15, 0.2) is 11.1 Å². The molecule has 11 nitrogen and oxygen atoms in total. The lowest BCUT2D eigenvalue weighted by Crippen LogP contribution is -2.54. The van der Waals surface area contributed by atoms with Crippen LogP contribution in [-0.2, 0) is 28.1 Å². The number of hydrogen-bond acceptors (Lipinski definition) is 7. The summed E-state index contributed by atoms with van der Waals surface area (Å²) in [5.74, 6) is -0.510. The number of aromatic nitrogens is 1. The van der Waals surface area contributed by atoms with E-state index in [2.05, 4.69) is 20.9 Å². The largest absolute Gasteiger partial charge is 0.497 e. The van der Waals surface area contributed by atoms with Gasteiger partial charge in [0.05, 0.1) is 20.1 Å². The van der Waals surface area contributed by atoms with E-state index in [1.54, 1.807) is 20.1 Å². The smallest absolute Gasteiger partial charge is 0.322 e. The van der Waals surface area contributed by atoms with E-state index in [1.807, 2.05) is 18.2 Å². The zero-order chi connectivity index (χ0) is 24.9. The molecule has 180 valence electrons. The number of aryl methyl sites for hydroxylation is 1. The zero-order valence-corrected chi connectivity index (χ0v) is 19.4. The van der Waals surface area contributed by atoms with Crippen LogP contribution in [0.15, 0.2) is 34.9 Å². The van der Waals surface area contributed by atoms with Crippen LogP contribution in [0, 0.1) is 6.92 Å². The maximum absolute atomic E-state index is 13.1. The van der Waals surface area contributed by atoms with Crippen LogP contribution in [0.1, 0.15) is 32.9 Å². The number of furan rings is 1. The van der Waals surface area contributed by atoms with Gasteiger partial charge >= 0.3 is 6.03 Å². The molecular weight excluding hydrogens is 454 g/mol. The average molecular weight is 477 g/mol. The second-order valence-corrected chi connectivity index (χ2v) is 8.56. The minimum Gasteiger partial charge on any atom is -0.497 e. The van der Waals surface area contributed by atoms with Gasteiger partial charge in [-0.3, -0.25) is 24.7 Å². The highest BCUT2D eigenvalue weighted by Gasteiger charge is 2.52. The summed E-state index contributed by atoms with van der Waals surface area (Å²) in [5.41, 5.74) is 1.09. The van der Waals surface area contributed by atoms with Crippen molar-refractivity contribution >= 4 is 34.7 Å². The van der Waals surface area contributed by atoms with Gasteiger partial charge in [0.2, 0.25) is 5.91 Å². The monoisotopic (exact) mass is 477 g/mol. The Labute approximate surface area is 199 Å². The van der Waals surface area contributed by atoms with Crippen molar-refractivity contribution in [1.29, 1.82) is 0 Å². The lowest BCUT2D eigenvalue weighted by Gasteiger charge is -2.35. The van der Waals surface area contributed by atoms with Gasteiger partial charge in [-0.1, -0.05) is 6.07 Å². The number of pyridine rings is 1. The SMILES string of the molecule is CNC(=O)c1cnc(C)c2cc([C@]3(CN4Cc5ccc(OC)cc5CC4=O)NC(=O)NC3=O)oc12. The van der Waals surface area contributed by atoms with E-state index in [1.165, 1.54) is 18.1 Å². The molecule has 4 heterocycles. The molecule has 2 aliphatic heterocycles. The van der Waals surface area contributed by atoms with Crippen molar-refractivity contribution in [3.05, 3.63) is 58.6 Å². The average Bonchev–Trinajstić information content (AvgIpc) is 3.41. The molecule has 0 spiro atoms. The highest BCUT2D eigenvalue weighted by Crippen LogP contribution is 2.35. The van der Waals surface area contributed by atoms with E-state index in [9.17, 15) is 19.2 Å². The minimum atomic E-state index is -1.68. The molecule has 5 rings (SSSR count). The molecule has 0 radical (unpaired) electrons. The lowest BCUT2D eigenvalue weighted by atomic mass is 9.92. The summed E-state index contributed by atoms with van der Waals surface area (Å²) in [5, 5.41) is 7.97. The van der Waals surface area contributed by atoms with Crippen molar-refractivity contribution in [1.82, 2.24) is 25.8 Å². The Kier molecular flexibility index (Phi) is 5.19. The fourth-order valence-electron chi connectivity index (χ4n) is 4.56. The number of amides is 5. The van der Waals surface area contributed by atoms with Gasteiger partial charge in [-0.05, 0) is 36.2 Å². The van der Waals surface area contributed by atoms with Crippen LogP contribution in [0.2, 0.25) is 0 Å². The number of rotatable bonds is 5. The van der Waals surface area contributed by atoms with Crippen molar-refractivity contribution in [3.63, 3.8) is 0 Å². The van der Waals surface area contributed by atoms with Crippen LogP contribution >= 0.6 is 0 Å². The predicted octanol–water partition coefficient (Wildman–Crippen LogP) is 1.12. The molecule has 0 bridgehead atoms. The molecule has 11 heteroatoms. The molecule has 0 aliphatic carbocycles. The quantitative estimate of drug-likeness (QED) is 0.468. The van der Waals surface area contributed by atoms with Crippen molar-refractivity contribution in [2.24, 2.45) is 0 Å². The minimum absolute atomic E-state index is 0.102. The molecule has 2 aliphatic rings. The standard InChI is InChI=1S/C24H23N5O6/c1-12-16-8-18(35-20(16)17(9-26-12)21(31)25-2)24(22(32)27-23(33)28-24)11-29-10-13-4-5-15(34-3)6-14(13)7-19(29)30/h4-6,8-9H,7,10-11H2,1-3H3,(H,25,31)(H2,27,28,32,33)/t24-/m0/s1. The van der Waals surface area contributed by atoms with Gasteiger partial charge in [-0.2, -0.15) is 0 Å². The van der Waals surface area contributed by atoms with Gasteiger partial charge in [-0.25, -0.2) is 4.79 Å². The topological polar surface area (TPSA) is 143 Å². The summed E-state index contributed by atoms with van der Waals surface area (Å²) < 4.78 is 11.3. The highest BCUT2D eigenvalue weighted by molar-refractivity contribution is 6.09. The van der Waals surface area contributed by atoms with Crippen LogP contribution in [0.25, 0.3) is 11.0 Å². The van der Waals surface area contributed by atoms with Crippen LogP contribution in [0.3, 0.4) is 0 Å². The summed E-state index contributed by atoms with van der Waals surface area (Å²) in [6, 6.07) is 6.38. The number of ether oxygens (including phenoxy) is 1. The Morgan fingerprint density at radius 1 is 1.26 bits per heavy atom. The predicted molar refractivity (Wildman–Crippen MR) is 123 cm³/mol. The van der Waals surface area contributed by atoms with Gasteiger partial charge < -0.3 is 24.7 Å². The van der Waals surface area contributed by atoms with Gasteiger partial charge in [-0.15, -0.1) is 0 Å². The third-order valence-corrected chi connectivity index (χ3v) is 6.48. The van der Waals surface area contributed by atoms with E-state index in [0.29, 0.717) is 16.8 Å². The molecule has 0 saturated carbocycles. The number of hydrogen-bond donors (Lipinski definition) is 3. The second-order valence-electron chi connectivity index (χ2n) is 8.56. The fourth-order valence-corrected chi connectivity index (χ4v) is 4.56. The Morgan fingerprint density at radius 2 is 2.06 bits per heavy atom. The maximum Gasteiger partial charge on any atom is 0.322 e. The Morgan fingerprint density at radius 3 is 2.74 bits per heavy atom. The maximum atomic E-state index is 13.1. The third-order valence-electron chi connectivity index (χ3n) is 6.48. The van der Waals surface area contributed by atoms with Gasteiger partial charge in [0, 0.05) is 30.9 Å². The first-order valence-electron chi connectivity index (χ1n) is 10.9. The Balaban J connectivity index is 1.58.